The van der Waals surface area contributed by atoms with Crippen LogP contribution in [0.25, 0.3) is 0 Å². The molecule has 0 radical (unpaired) electrons. The predicted octanol–water partition coefficient (Wildman–Crippen LogP) is 1.75. The highest BCUT2D eigenvalue weighted by Gasteiger charge is 2.11. The quantitative estimate of drug-likeness (QED) is 0.695. The molecule has 1 heterocycles. The highest BCUT2D eigenvalue weighted by Crippen LogP contribution is 2.10. The lowest BCUT2D eigenvalue weighted by atomic mass is 10.2. The Morgan fingerprint density at radius 1 is 1.35 bits per heavy atom. The Morgan fingerprint density at radius 2 is 2.00 bits per heavy atom. The van der Waals surface area contributed by atoms with Crippen molar-refractivity contribution in [2.24, 2.45) is 5.73 Å². The molecule has 0 aliphatic heterocycles. The van der Waals surface area contributed by atoms with Crippen LogP contribution in [0.2, 0.25) is 0 Å². The maximum atomic E-state index is 11.7. The Bertz CT molecular complexity index is 424. The van der Waals surface area contributed by atoms with Crippen molar-refractivity contribution in [2.75, 3.05) is 31.6 Å². The number of hydrogen-bond acceptors (Lipinski definition) is 5. The van der Waals surface area contributed by atoms with Gasteiger partial charge < -0.3 is 20.7 Å². The predicted molar refractivity (Wildman–Crippen MR) is 98.6 cm³/mol. The number of nitrogens with two attached hydrogens (primary N) is 1. The van der Waals surface area contributed by atoms with Gasteiger partial charge in [0.05, 0.1) is 12.5 Å². The third-order valence-electron chi connectivity index (χ3n) is 3.40. The first-order chi connectivity index (χ1) is 10.1. The fraction of sp³-hybridized carbons (Fsp3) is 0.600. The number of amides is 1. The van der Waals surface area contributed by atoms with E-state index in [1.54, 1.807) is 13.3 Å². The number of nitrogens with zero attached hydrogens (tertiary/aromatic N) is 2. The van der Waals surface area contributed by atoms with Crippen LogP contribution in [-0.2, 0) is 16.1 Å². The summed E-state index contributed by atoms with van der Waals surface area (Å²) in [6.45, 7) is 6.86. The van der Waals surface area contributed by atoms with E-state index >= 15 is 0 Å². The molecule has 1 aromatic rings. The van der Waals surface area contributed by atoms with E-state index in [0.717, 1.165) is 24.5 Å². The van der Waals surface area contributed by atoms with Gasteiger partial charge in [0.15, 0.2) is 0 Å². The molecular weight excluding hydrogens is 339 g/mol. The molecule has 0 aliphatic rings. The zero-order valence-corrected chi connectivity index (χ0v) is 15.6. The van der Waals surface area contributed by atoms with Gasteiger partial charge >= 0.3 is 0 Å². The van der Waals surface area contributed by atoms with E-state index in [1.807, 2.05) is 12.1 Å². The molecule has 1 rings (SSSR count). The highest BCUT2D eigenvalue weighted by atomic mass is 35.5. The molecule has 6 nitrogen and oxygen atoms in total. The number of methoxy groups -OCH3 is 1. The first-order valence-corrected chi connectivity index (χ1v) is 7.33. The molecule has 1 amide bonds. The molecule has 1 atom stereocenters. The van der Waals surface area contributed by atoms with Gasteiger partial charge in [-0.05, 0) is 25.5 Å². The third-order valence-corrected chi connectivity index (χ3v) is 3.40. The summed E-state index contributed by atoms with van der Waals surface area (Å²) >= 11 is 0. The Kier molecular flexibility index (Phi) is 14.1. The van der Waals surface area contributed by atoms with Gasteiger partial charge in [-0.1, -0.05) is 6.07 Å². The molecule has 0 aromatic carbocycles. The zero-order valence-electron chi connectivity index (χ0n) is 13.9. The van der Waals surface area contributed by atoms with E-state index in [0.29, 0.717) is 13.1 Å². The molecule has 0 bridgehead atoms. The highest BCUT2D eigenvalue weighted by molar-refractivity contribution is 5.85. The van der Waals surface area contributed by atoms with E-state index in [1.165, 1.54) is 0 Å². The van der Waals surface area contributed by atoms with E-state index in [9.17, 15) is 4.79 Å². The molecule has 1 aromatic heterocycles. The van der Waals surface area contributed by atoms with Crippen LogP contribution in [0.15, 0.2) is 18.3 Å². The molecule has 1 unspecified atom stereocenters. The molecule has 0 fully saturated rings. The summed E-state index contributed by atoms with van der Waals surface area (Å²) < 4.78 is 5.09. The van der Waals surface area contributed by atoms with Crippen LogP contribution in [0.5, 0.6) is 0 Å². The summed E-state index contributed by atoms with van der Waals surface area (Å²) in [5, 5.41) is 2.85. The largest absolute Gasteiger partial charge is 0.380 e. The monoisotopic (exact) mass is 366 g/mol. The number of hydrogen-bond donors (Lipinski definition) is 2. The Labute approximate surface area is 151 Å². The van der Waals surface area contributed by atoms with Gasteiger partial charge in [-0.3, -0.25) is 4.79 Å². The maximum Gasteiger partial charge on any atom is 0.222 e. The van der Waals surface area contributed by atoms with Gasteiger partial charge in [-0.25, -0.2) is 4.98 Å². The third kappa shape index (κ3) is 8.37. The van der Waals surface area contributed by atoms with Gasteiger partial charge in [0.1, 0.15) is 5.82 Å². The lowest BCUT2D eigenvalue weighted by Crippen LogP contribution is -2.32. The number of rotatable bonds is 9. The standard InChI is InChI=1S/C15H26N4O2.2ClH/c1-4-19(5-2)14-7-6-12(10-17-14)11-18-15(20)8-13(9-16)21-3;;/h6-7,10,13H,4-5,8-9,11,16H2,1-3H3,(H,18,20);2*1H. The van der Waals surface area contributed by atoms with Crippen LogP contribution < -0.4 is 16.0 Å². The minimum absolute atomic E-state index is 0. The first kappa shape index (κ1) is 24.2. The topological polar surface area (TPSA) is 80.5 Å². The number of halogens is 2. The Balaban J connectivity index is 0. The van der Waals surface area contributed by atoms with Crippen molar-refractivity contribution < 1.29 is 9.53 Å². The van der Waals surface area contributed by atoms with Crippen molar-refractivity contribution in [2.45, 2.75) is 32.9 Å². The lowest BCUT2D eigenvalue weighted by molar-refractivity contribution is -0.123. The fourth-order valence-corrected chi connectivity index (χ4v) is 2.00. The number of carbonyl (C=O) groups excluding carboxylic acids is 1. The van der Waals surface area contributed by atoms with E-state index in [2.05, 4.69) is 29.0 Å². The summed E-state index contributed by atoms with van der Waals surface area (Å²) in [6.07, 6.45) is 1.84. The molecule has 23 heavy (non-hydrogen) atoms. The summed E-state index contributed by atoms with van der Waals surface area (Å²) in [6, 6.07) is 3.96. The van der Waals surface area contributed by atoms with Gasteiger partial charge in [0, 0.05) is 39.5 Å². The molecule has 0 spiro atoms. The minimum Gasteiger partial charge on any atom is -0.380 e. The zero-order chi connectivity index (χ0) is 15.7. The van der Waals surface area contributed by atoms with Crippen molar-refractivity contribution >= 4 is 36.5 Å². The van der Waals surface area contributed by atoms with Gasteiger partial charge in [0.25, 0.3) is 0 Å². The van der Waals surface area contributed by atoms with Crippen molar-refractivity contribution in [1.82, 2.24) is 10.3 Å². The molecule has 8 heteroatoms. The number of carbonyl (C=O) groups is 1. The van der Waals surface area contributed by atoms with Crippen LogP contribution in [0.1, 0.15) is 25.8 Å². The molecule has 0 aliphatic carbocycles. The lowest BCUT2D eigenvalue weighted by Gasteiger charge is -2.19. The molecule has 0 saturated carbocycles. The van der Waals surface area contributed by atoms with Crippen LogP contribution >= 0.6 is 24.8 Å². The molecule has 0 saturated heterocycles. The summed E-state index contributed by atoms with van der Waals surface area (Å²) in [7, 11) is 1.56. The second-order valence-corrected chi connectivity index (χ2v) is 4.77. The van der Waals surface area contributed by atoms with Gasteiger partial charge in [0.2, 0.25) is 5.91 Å². The number of aromatic nitrogens is 1. The average Bonchev–Trinajstić information content (AvgIpc) is 2.53. The van der Waals surface area contributed by atoms with E-state index < -0.39 is 0 Å². The minimum atomic E-state index is -0.229. The van der Waals surface area contributed by atoms with Crippen LogP contribution in [0.3, 0.4) is 0 Å². The molecule has 134 valence electrons. The van der Waals surface area contributed by atoms with Crippen LogP contribution in [-0.4, -0.2) is 43.7 Å². The summed E-state index contributed by atoms with van der Waals surface area (Å²) in [4.78, 5) is 18.3. The second-order valence-electron chi connectivity index (χ2n) is 4.77. The van der Waals surface area contributed by atoms with Crippen LogP contribution in [0.4, 0.5) is 5.82 Å². The first-order valence-electron chi connectivity index (χ1n) is 7.33. The maximum absolute atomic E-state index is 11.7. The average molecular weight is 367 g/mol. The van der Waals surface area contributed by atoms with Crippen molar-refractivity contribution in [3.05, 3.63) is 23.9 Å². The number of nitrogens with one attached hydrogen (secondary N) is 1. The summed E-state index contributed by atoms with van der Waals surface area (Å²) in [5.74, 6) is 0.887. The smallest absolute Gasteiger partial charge is 0.222 e. The van der Waals surface area contributed by atoms with Gasteiger partial charge in [-0.15, -0.1) is 24.8 Å². The number of pyridine rings is 1. The SMILES string of the molecule is CCN(CC)c1ccc(CNC(=O)CC(CN)OC)cn1.Cl.Cl. The van der Waals surface area contributed by atoms with Crippen molar-refractivity contribution in [1.29, 1.82) is 0 Å². The second kappa shape index (κ2) is 13.4. The van der Waals surface area contributed by atoms with Gasteiger partial charge in [-0.2, -0.15) is 0 Å². The fourth-order valence-electron chi connectivity index (χ4n) is 2.00. The van der Waals surface area contributed by atoms with E-state index in [4.69, 9.17) is 10.5 Å². The molecule has 3 N–H and O–H groups in total. The number of anilines is 1. The normalized spacial score (nSPS) is 11.0. The summed E-state index contributed by atoms with van der Waals surface area (Å²) in [5.41, 5.74) is 6.46. The molecular formula is C15H28Cl2N4O2. The van der Waals surface area contributed by atoms with Crippen molar-refractivity contribution in [3.63, 3.8) is 0 Å². The number of ether oxygens (including phenoxy) is 1. The van der Waals surface area contributed by atoms with Crippen molar-refractivity contribution in [3.8, 4) is 0 Å². The van der Waals surface area contributed by atoms with Crippen LogP contribution in [0, 0.1) is 0 Å². The Morgan fingerprint density at radius 3 is 2.43 bits per heavy atom. The van der Waals surface area contributed by atoms with E-state index in [-0.39, 0.29) is 43.2 Å². The Hall–Kier alpha value is -1.08.